The van der Waals surface area contributed by atoms with Crippen molar-refractivity contribution in [3.63, 3.8) is 0 Å². The highest BCUT2D eigenvalue weighted by atomic mass is 16.1. The highest BCUT2D eigenvalue weighted by Crippen LogP contribution is 2.20. The van der Waals surface area contributed by atoms with Gasteiger partial charge >= 0.3 is 0 Å². The van der Waals surface area contributed by atoms with Gasteiger partial charge in [0.05, 0.1) is 5.69 Å². The number of hydrogen-bond donors (Lipinski definition) is 1. The number of primary amides is 1. The summed E-state index contributed by atoms with van der Waals surface area (Å²) in [5.74, 6) is 0.244. The lowest BCUT2D eigenvalue weighted by molar-refractivity contribution is 0.0995. The minimum atomic E-state index is -0.531. The van der Waals surface area contributed by atoms with Gasteiger partial charge in [-0.05, 0) is 6.07 Å². The fourth-order valence-corrected chi connectivity index (χ4v) is 1.61. The Balaban J connectivity index is 2.57. The zero-order chi connectivity index (χ0) is 13.1. The lowest BCUT2D eigenvalue weighted by Crippen LogP contribution is -2.15. The van der Waals surface area contributed by atoms with Gasteiger partial charge in [0.25, 0.3) is 5.91 Å². The van der Waals surface area contributed by atoms with Crippen molar-refractivity contribution in [3.8, 4) is 11.3 Å². The lowest BCUT2D eigenvalue weighted by atomic mass is 10.1. The SMILES string of the molecule is CC(C)c1nc(C(N)=O)cc(-c2ccccc2)n1. The minimum Gasteiger partial charge on any atom is -0.364 e. The van der Waals surface area contributed by atoms with E-state index >= 15 is 0 Å². The van der Waals surface area contributed by atoms with E-state index in [2.05, 4.69) is 9.97 Å². The molecule has 0 spiro atoms. The molecule has 0 bridgehead atoms. The van der Waals surface area contributed by atoms with Crippen LogP contribution < -0.4 is 5.73 Å². The predicted octanol–water partition coefficient (Wildman–Crippen LogP) is 2.37. The molecular formula is C14H15N3O. The van der Waals surface area contributed by atoms with Crippen molar-refractivity contribution >= 4 is 5.91 Å². The third-order valence-electron chi connectivity index (χ3n) is 2.58. The molecule has 0 saturated heterocycles. The monoisotopic (exact) mass is 241 g/mol. The first-order chi connectivity index (χ1) is 8.58. The molecule has 2 N–H and O–H groups in total. The molecule has 92 valence electrons. The summed E-state index contributed by atoms with van der Waals surface area (Å²) in [6, 6.07) is 11.3. The predicted molar refractivity (Wildman–Crippen MR) is 70.1 cm³/mol. The maximum atomic E-state index is 11.3. The van der Waals surface area contributed by atoms with E-state index in [1.54, 1.807) is 6.07 Å². The Morgan fingerprint density at radius 1 is 1.17 bits per heavy atom. The van der Waals surface area contributed by atoms with Crippen LogP contribution in [0.15, 0.2) is 36.4 Å². The molecule has 0 fully saturated rings. The van der Waals surface area contributed by atoms with Gasteiger partial charge < -0.3 is 5.73 Å². The normalized spacial score (nSPS) is 10.6. The quantitative estimate of drug-likeness (QED) is 0.896. The molecule has 0 aliphatic heterocycles. The summed E-state index contributed by atoms with van der Waals surface area (Å²) >= 11 is 0. The van der Waals surface area contributed by atoms with Crippen LogP contribution >= 0.6 is 0 Å². The van der Waals surface area contributed by atoms with Crippen molar-refractivity contribution in [1.29, 1.82) is 0 Å². The Morgan fingerprint density at radius 2 is 1.83 bits per heavy atom. The molecule has 0 atom stereocenters. The average Bonchev–Trinajstić information content (AvgIpc) is 2.39. The standard InChI is InChI=1S/C14H15N3O/c1-9(2)14-16-11(8-12(17-14)13(15)18)10-6-4-3-5-7-10/h3-9H,1-2H3,(H2,15,18). The molecule has 2 aromatic rings. The van der Waals surface area contributed by atoms with Gasteiger partial charge in [0.15, 0.2) is 0 Å². The summed E-state index contributed by atoms with van der Waals surface area (Å²) in [6.07, 6.45) is 0. The number of amides is 1. The molecule has 2 rings (SSSR count). The Bertz CT molecular complexity index is 565. The van der Waals surface area contributed by atoms with Crippen molar-refractivity contribution in [1.82, 2.24) is 9.97 Å². The maximum absolute atomic E-state index is 11.3. The number of benzene rings is 1. The fraction of sp³-hybridized carbons (Fsp3) is 0.214. The van der Waals surface area contributed by atoms with Crippen LogP contribution in [0.5, 0.6) is 0 Å². The second-order valence-electron chi connectivity index (χ2n) is 4.38. The Kier molecular flexibility index (Phi) is 3.37. The number of aromatic nitrogens is 2. The molecule has 18 heavy (non-hydrogen) atoms. The van der Waals surface area contributed by atoms with Gasteiger partial charge in [-0.2, -0.15) is 0 Å². The lowest BCUT2D eigenvalue weighted by Gasteiger charge is -2.08. The zero-order valence-corrected chi connectivity index (χ0v) is 10.4. The topological polar surface area (TPSA) is 68.9 Å². The van der Waals surface area contributed by atoms with Crippen LogP contribution in [-0.2, 0) is 0 Å². The molecule has 1 heterocycles. The van der Waals surface area contributed by atoms with E-state index in [0.717, 1.165) is 11.3 Å². The molecule has 4 nitrogen and oxygen atoms in total. The molecule has 1 aromatic heterocycles. The third kappa shape index (κ3) is 2.53. The third-order valence-corrected chi connectivity index (χ3v) is 2.58. The highest BCUT2D eigenvalue weighted by Gasteiger charge is 2.12. The van der Waals surface area contributed by atoms with Crippen LogP contribution in [0.4, 0.5) is 0 Å². The molecule has 1 aromatic carbocycles. The number of nitrogens with zero attached hydrogens (tertiary/aromatic N) is 2. The summed E-state index contributed by atoms with van der Waals surface area (Å²) in [5.41, 5.74) is 7.23. The molecular weight excluding hydrogens is 226 g/mol. The first-order valence-electron chi connectivity index (χ1n) is 5.82. The number of hydrogen-bond acceptors (Lipinski definition) is 3. The Labute approximate surface area is 106 Å². The van der Waals surface area contributed by atoms with E-state index in [-0.39, 0.29) is 11.6 Å². The fourth-order valence-electron chi connectivity index (χ4n) is 1.61. The van der Waals surface area contributed by atoms with E-state index in [1.165, 1.54) is 0 Å². The van der Waals surface area contributed by atoms with Crippen LogP contribution in [0.2, 0.25) is 0 Å². The van der Waals surface area contributed by atoms with Crippen molar-refractivity contribution < 1.29 is 4.79 Å². The van der Waals surface area contributed by atoms with Gasteiger partial charge in [0.2, 0.25) is 0 Å². The van der Waals surface area contributed by atoms with Crippen LogP contribution in [-0.4, -0.2) is 15.9 Å². The largest absolute Gasteiger partial charge is 0.364 e. The van der Waals surface area contributed by atoms with Crippen LogP contribution in [0.25, 0.3) is 11.3 Å². The molecule has 0 radical (unpaired) electrons. The number of carbonyl (C=O) groups excluding carboxylic acids is 1. The van der Waals surface area contributed by atoms with Crippen LogP contribution in [0.3, 0.4) is 0 Å². The van der Waals surface area contributed by atoms with E-state index in [0.29, 0.717) is 5.82 Å². The number of rotatable bonds is 3. The van der Waals surface area contributed by atoms with Gasteiger partial charge in [0.1, 0.15) is 11.5 Å². The molecule has 1 amide bonds. The summed E-state index contributed by atoms with van der Waals surface area (Å²) < 4.78 is 0. The first-order valence-corrected chi connectivity index (χ1v) is 5.82. The van der Waals surface area contributed by atoms with Crippen molar-refractivity contribution in [2.75, 3.05) is 0 Å². The Morgan fingerprint density at radius 3 is 2.39 bits per heavy atom. The summed E-state index contributed by atoms with van der Waals surface area (Å²) in [7, 11) is 0. The minimum absolute atomic E-state index is 0.145. The average molecular weight is 241 g/mol. The zero-order valence-electron chi connectivity index (χ0n) is 10.4. The van der Waals surface area contributed by atoms with Crippen LogP contribution in [0.1, 0.15) is 36.1 Å². The van der Waals surface area contributed by atoms with Crippen LogP contribution in [0, 0.1) is 0 Å². The van der Waals surface area contributed by atoms with Gasteiger partial charge in [-0.1, -0.05) is 44.2 Å². The maximum Gasteiger partial charge on any atom is 0.267 e. The smallest absolute Gasteiger partial charge is 0.267 e. The van der Waals surface area contributed by atoms with Crippen molar-refractivity contribution in [3.05, 3.63) is 47.9 Å². The van der Waals surface area contributed by atoms with Gasteiger partial charge in [0, 0.05) is 11.5 Å². The first kappa shape index (κ1) is 12.2. The van der Waals surface area contributed by atoms with Gasteiger partial charge in [-0.15, -0.1) is 0 Å². The summed E-state index contributed by atoms with van der Waals surface area (Å²) in [6.45, 7) is 3.96. The molecule has 4 heteroatoms. The van der Waals surface area contributed by atoms with Crippen molar-refractivity contribution in [2.24, 2.45) is 5.73 Å². The molecule has 0 unspecified atom stereocenters. The second-order valence-corrected chi connectivity index (χ2v) is 4.38. The molecule has 0 saturated carbocycles. The van der Waals surface area contributed by atoms with Gasteiger partial charge in [-0.3, -0.25) is 4.79 Å². The summed E-state index contributed by atoms with van der Waals surface area (Å²) in [5, 5.41) is 0. The molecule has 0 aliphatic carbocycles. The second kappa shape index (κ2) is 4.96. The van der Waals surface area contributed by atoms with E-state index in [9.17, 15) is 4.79 Å². The van der Waals surface area contributed by atoms with E-state index in [4.69, 9.17) is 5.73 Å². The highest BCUT2D eigenvalue weighted by molar-refractivity contribution is 5.91. The van der Waals surface area contributed by atoms with Gasteiger partial charge in [-0.25, -0.2) is 9.97 Å². The summed E-state index contributed by atoms with van der Waals surface area (Å²) in [4.78, 5) is 19.9. The Hall–Kier alpha value is -2.23. The van der Waals surface area contributed by atoms with E-state index in [1.807, 2.05) is 44.2 Å². The number of nitrogens with two attached hydrogens (primary N) is 1. The molecule has 0 aliphatic rings. The van der Waals surface area contributed by atoms with E-state index < -0.39 is 5.91 Å². The number of carbonyl (C=O) groups is 1. The van der Waals surface area contributed by atoms with Crippen molar-refractivity contribution in [2.45, 2.75) is 19.8 Å².